The first-order valence-corrected chi connectivity index (χ1v) is 6.37. The van der Waals surface area contributed by atoms with Crippen LogP contribution in [0.2, 0.25) is 0 Å². The van der Waals surface area contributed by atoms with Crippen LogP contribution in [0.5, 0.6) is 0 Å². The molecule has 0 saturated heterocycles. The molecule has 6 N–H and O–H groups in total. The van der Waals surface area contributed by atoms with E-state index in [4.69, 9.17) is 0 Å². The topological polar surface area (TPSA) is 380 Å². The number of nitro groups is 6. The Morgan fingerprint density at radius 2 is 0.400 bits per heavy atom. The molecule has 0 unspecified atom stereocenters. The van der Waals surface area contributed by atoms with Gasteiger partial charge in [0.2, 0.25) is 0 Å². The van der Waals surface area contributed by atoms with Crippen molar-refractivity contribution in [2.75, 3.05) is 0 Å². The molecule has 168 valence electrons. The van der Waals surface area contributed by atoms with E-state index in [2.05, 4.69) is 0 Å². The minimum Gasteiger partial charge on any atom is -0.314 e. The van der Waals surface area contributed by atoms with Crippen LogP contribution in [0.15, 0.2) is 0 Å². The minimum atomic E-state index is -6.21. The van der Waals surface area contributed by atoms with Gasteiger partial charge in [0.1, 0.15) is 0 Å². The van der Waals surface area contributed by atoms with Gasteiger partial charge in [0.15, 0.2) is 0 Å². The molecular weight excluding hydrogens is 444 g/mol. The van der Waals surface area contributed by atoms with Crippen molar-refractivity contribution in [1.29, 1.82) is 0 Å². The van der Waals surface area contributed by atoms with Gasteiger partial charge in [-0.2, -0.15) is 0 Å². The van der Waals surface area contributed by atoms with E-state index in [9.17, 15) is 91.3 Å². The highest BCUT2D eigenvalue weighted by Gasteiger charge is 3.21. The van der Waals surface area contributed by atoms with Crippen LogP contribution in [0, 0.1) is 60.7 Å². The SMILES string of the molecule is O=[N+]([O-])[C@]1(O)[C@@](O)([N+](=O)[O-])[C@](O)([N+](=O)[O-])[C@@](O)([N+](=O)[O-])[C@](O)([N+](=O)[O-])[C@]1(O)[N+](=O)[O-]. The molecule has 0 amide bonds. The Morgan fingerprint density at radius 3 is 0.433 bits per heavy atom. The molecule has 0 spiro atoms. The molecule has 0 aromatic carbocycles. The maximum atomic E-state index is 11.2. The van der Waals surface area contributed by atoms with Crippen molar-refractivity contribution < 1.29 is 60.2 Å². The average molecular weight is 450 g/mol. The molecule has 24 nitrogen and oxygen atoms in total. The predicted octanol–water partition coefficient (Wildman–Crippen LogP) is -6.21. The summed E-state index contributed by atoms with van der Waals surface area (Å²) in [4.78, 5) is 49.6. The molecule has 30 heavy (non-hydrogen) atoms. The smallest absolute Gasteiger partial charge is 0.314 e. The maximum Gasteiger partial charge on any atom is 0.537 e. The summed E-state index contributed by atoms with van der Waals surface area (Å²) in [5, 5.41) is 127. The van der Waals surface area contributed by atoms with E-state index in [1.807, 2.05) is 0 Å². The van der Waals surface area contributed by atoms with Crippen LogP contribution in [-0.2, 0) is 0 Å². The van der Waals surface area contributed by atoms with Gasteiger partial charge in [0.05, 0.1) is 29.5 Å². The normalized spacial score (nSPS) is 43.4. The lowest BCUT2D eigenvalue weighted by molar-refractivity contribution is -0.964. The summed E-state index contributed by atoms with van der Waals surface area (Å²) < 4.78 is 0. The van der Waals surface area contributed by atoms with E-state index in [1.54, 1.807) is 0 Å². The zero-order valence-corrected chi connectivity index (χ0v) is 13.3. The van der Waals surface area contributed by atoms with E-state index in [1.165, 1.54) is 0 Å². The Bertz CT molecular complexity index is 695. The second-order valence-electron chi connectivity index (χ2n) is 5.58. The summed E-state index contributed by atoms with van der Waals surface area (Å²) in [6.07, 6.45) is 0. The molecular formula is C6H6N6O18. The number of nitrogens with zero attached hydrogens (tertiary/aromatic N) is 6. The maximum absolute atomic E-state index is 11.2. The monoisotopic (exact) mass is 450 g/mol. The van der Waals surface area contributed by atoms with Crippen LogP contribution in [-0.4, -0.2) is 94.5 Å². The van der Waals surface area contributed by atoms with Gasteiger partial charge in [-0.3, -0.25) is 60.7 Å². The zero-order valence-electron chi connectivity index (χ0n) is 13.3. The molecule has 1 rings (SSSR count). The fourth-order valence-corrected chi connectivity index (χ4v) is 2.99. The number of hydrogen-bond donors (Lipinski definition) is 6. The van der Waals surface area contributed by atoms with Crippen LogP contribution in [0.25, 0.3) is 0 Å². The molecule has 0 bridgehead atoms. The third-order valence-corrected chi connectivity index (χ3v) is 4.50. The third kappa shape index (κ3) is 1.75. The summed E-state index contributed by atoms with van der Waals surface area (Å²) in [6.45, 7) is 0. The zero-order chi connectivity index (χ0) is 24.5. The first-order chi connectivity index (χ1) is 13.2. The largest absolute Gasteiger partial charge is 0.537 e. The highest BCUT2D eigenvalue weighted by molar-refractivity contribution is 5.21. The van der Waals surface area contributed by atoms with Crippen molar-refractivity contribution in [2.45, 2.75) is 34.3 Å². The summed E-state index contributed by atoms with van der Waals surface area (Å²) >= 11 is 0. The minimum absolute atomic E-state index is 2.96. The summed E-state index contributed by atoms with van der Waals surface area (Å²) in [5.41, 5.74) is -37.3. The van der Waals surface area contributed by atoms with E-state index in [-0.39, 0.29) is 0 Å². The first kappa shape index (κ1) is 24.2. The van der Waals surface area contributed by atoms with Gasteiger partial charge < -0.3 is 30.6 Å². The molecule has 0 heterocycles. The standard InChI is InChI=1S/C6H6N6O18/c13-1(7(19)20)2(14,8(21)22)4(16,10(25)26)6(18,12(29)30)5(17,11(27)28)3(1,15)9(23)24/h13-18H/t1-,2-,3-,4+,5-,6-. The molecule has 0 aromatic heterocycles. The van der Waals surface area contributed by atoms with Crippen LogP contribution in [0.4, 0.5) is 0 Å². The number of rotatable bonds is 6. The van der Waals surface area contributed by atoms with E-state index >= 15 is 0 Å². The Hall–Kier alpha value is -3.84. The van der Waals surface area contributed by atoms with Gasteiger partial charge in [-0.15, -0.1) is 0 Å². The second kappa shape index (κ2) is 5.84. The summed E-state index contributed by atoms with van der Waals surface area (Å²) in [6, 6.07) is 0. The lowest BCUT2D eigenvalue weighted by atomic mass is 9.62. The average Bonchev–Trinajstić information content (AvgIpc) is 2.61. The van der Waals surface area contributed by atoms with Crippen molar-refractivity contribution in [3.8, 4) is 0 Å². The number of hydrogen-bond acceptors (Lipinski definition) is 18. The second-order valence-corrected chi connectivity index (χ2v) is 5.58. The van der Waals surface area contributed by atoms with Gasteiger partial charge in [0.25, 0.3) is 0 Å². The Balaban J connectivity index is 4.76. The summed E-state index contributed by atoms with van der Waals surface area (Å²) in [7, 11) is 0. The fraction of sp³-hybridized carbons (Fsp3) is 1.00. The van der Waals surface area contributed by atoms with Gasteiger partial charge >= 0.3 is 34.3 Å². The van der Waals surface area contributed by atoms with Crippen molar-refractivity contribution >= 4 is 0 Å². The quantitative estimate of drug-likeness (QED) is 0.124. The predicted molar refractivity (Wildman–Crippen MR) is 71.7 cm³/mol. The summed E-state index contributed by atoms with van der Waals surface area (Å²) in [5.74, 6) is 0. The highest BCUT2D eigenvalue weighted by Crippen LogP contribution is 2.59. The van der Waals surface area contributed by atoms with Gasteiger partial charge in [0, 0.05) is 0 Å². The molecule has 0 radical (unpaired) electrons. The van der Waals surface area contributed by atoms with E-state index in [0.717, 1.165) is 0 Å². The molecule has 24 heteroatoms. The number of aliphatic hydroxyl groups is 6. The van der Waals surface area contributed by atoms with Crippen LogP contribution in [0.1, 0.15) is 0 Å². The molecule has 1 fully saturated rings. The molecule has 1 aliphatic rings. The Kier molecular flexibility index (Phi) is 4.71. The molecule has 1 saturated carbocycles. The van der Waals surface area contributed by atoms with Crippen molar-refractivity contribution in [1.82, 2.24) is 0 Å². The third-order valence-electron chi connectivity index (χ3n) is 4.50. The molecule has 1 aliphatic carbocycles. The van der Waals surface area contributed by atoms with Crippen LogP contribution < -0.4 is 0 Å². The van der Waals surface area contributed by atoms with E-state index < -0.39 is 63.9 Å². The highest BCUT2D eigenvalue weighted by atomic mass is 16.8. The van der Waals surface area contributed by atoms with Crippen molar-refractivity contribution in [2.24, 2.45) is 0 Å². The first-order valence-electron chi connectivity index (χ1n) is 6.37. The van der Waals surface area contributed by atoms with Gasteiger partial charge in [-0.1, -0.05) is 0 Å². The lowest BCUT2D eigenvalue weighted by Crippen LogP contribution is -3.02. The van der Waals surface area contributed by atoms with Gasteiger partial charge in [-0.25, -0.2) is 0 Å². The lowest BCUT2D eigenvalue weighted by Gasteiger charge is -2.46. The van der Waals surface area contributed by atoms with Crippen molar-refractivity contribution in [3.05, 3.63) is 60.7 Å². The Morgan fingerprint density at radius 1 is 0.333 bits per heavy atom. The van der Waals surface area contributed by atoms with E-state index in [0.29, 0.717) is 0 Å². The van der Waals surface area contributed by atoms with Gasteiger partial charge in [-0.05, 0) is 0 Å². The fourth-order valence-electron chi connectivity index (χ4n) is 2.99. The molecule has 0 atom stereocenters. The Labute approximate surface area is 156 Å². The van der Waals surface area contributed by atoms with Crippen LogP contribution in [0.3, 0.4) is 0 Å². The molecule has 0 aliphatic heterocycles. The van der Waals surface area contributed by atoms with Crippen molar-refractivity contribution in [3.63, 3.8) is 0 Å². The van der Waals surface area contributed by atoms with Crippen LogP contribution >= 0.6 is 0 Å². The molecule has 0 aromatic rings.